The Bertz CT molecular complexity index is 447. The van der Waals surface area contributed by atoms with Crippen LogP contribution in [0.25, 0.3) is 0 Å². The zero-order valence-corrected chi connectivity index (χ0v) is 11.0. The molecule has 2 atom stereocenters. The first kappa shape index (κ1) is 12.4. The first-order valence-electron chi connectivity index (χ1n) is 6.61. The maximum Gasteiger partial charge on any atom is 0.142 e. The van der Waals surface area contributed by atoms with Gasteiger partial charge in [-0.05, 0) is 56.0 Å². The molecule has 4 heteroatoms. The van der Waals surface area contributed by atoms with Gasteiger partial charge in [-0.1, -0.05) is 17.7 Å². The standard InChI is InChI=1S/C14H18ClFN2/c15-12-4-1-9(7-13(12)16)14-10(8-17)5-6-18(14)11-2-3-11/h1,4,7,10-11,14H,2-3,5-6,8,17H2. The number of benzene rings is 1. The molecule has 18 heavy (non-hydrogen) atoms. The first-order valence-corrected chi connectivity index (χ1v) is 6.99. The number of nitrogens with two attached hydrogens (primary N) is 1. The van der Waals surface area contributed by atoms with Crippen molar-refractivity contribution in [2.75, 3.05) is 13.1 Å². The molecule has 0 aromatic heterocycles. The van der Waals surface area contributed by atoms with Gasteiger partial charge in [0.25, 0.3) is 0 Å². The van der Waals surface area contributed by atoms with Crippen molar-refractivity contribution < 1.29 is 4.39 Å². The molecular weight excluding hydrogens is 251 g/mol. The average Bonchev–Trinajstić information content (AvgIpc) is 3.12. The van der Waals surface area contributed by atoms with E-state index in [0.29, 0.717) is 18.5 Å². The van der Waals surface area contributed by atoms with Crippen molar-refractivity contribution in [2.24, 2.45) is 11.7 Å². The van der Waals surface area contributed by atoms with Crippen molar-refractivity contribution in [3.63, 3.8) is 0 Å². The largest absolute Gasteiger partial charge is 0.330 e. The minimum Gasteiger partial charge on any atom is -0.330 e. The van der Waals surface area contributed by atoms with E-state index < -0.39 is 0 Å². The van der Waals surface area contributed by atoms with Crippen LogP contribution in [0.1, 0.15) is 30.9 Å². The van der Waals surface area contributed by atoms with Crippen LogP contribution in [0.15, 0.2) is 18.2 Å². The number of nitrogens with zero attached hydrogens (tertiary/aromatic N) is 1. The van der Waals surface area contributed by atoms with Gasteiger partial charge in [-0.25, -0.2) is 4.39 Å². The van der Waals surface area contributed by atoms with Crippen molar-refractivity contribution in [2.45, 2.75) is 31.3 Å². The summed E-state index contributed by atoms with van der Waals surface area (Å²) in [6.45, 7) is 1.75. The van der Waals surface area contributed by atoms with Gasteiger partial charge in [-0.3, -0.25) is 4.90 Å². The molecule has 1 saturated heterocycles. The first-order chi connectivity index (χ1) is 8.70. The fourth-order valence-corrected chi connectivity index (χ4v) is 3.22. The van der Waals surface area contributed by atoms with Crippen LogP contribution in [0.2, 0.25) is 5.02 Å². The Balaban J connectivity index is 1.92. The van der Waals surface area contributed by atoms with E-state index in [0.717, 1.165) is 18.5 Å². The number of likely N-dealkylation sites (tertiary alicyclic amines) is 1. The van der Waals surface area contributed by atoms with Gasteiger partial charge >= 0.3 is 0 Å². The van der Waals surface area contributed by atoms with Crippen molar-refractivity contribution in [1.29, 1.82) is 0 Å². The van der Waals surface area contributed by atoms with E-state index in [1.807, 2.05) is 6.07 Å². The molecule has 2 N–H and O–H groups in total. The summed E-state index contributed by atoms with van der Waals surface area (Å²) in [5.41, 5.74) is 6.89. The number of hydrogen-bond donors (Lipinski definition) is 1. The quantitative estimate of drug-likeness (QED) is 0.913. The summed E-state index contributed by atoms with van der Waals surface area (Å²) in [6.07, 6.45) is 3.65. The van der Waals surface area contributed by atoms with E-state index >= 15 is 0 Å². The Hall–Kier alpha value is -0.640. The molecule has 2 unspecified atom stereocenters. The second-order valence-corrected chi connectivity index (χ2v) is 5.78. The molecule has 1 aromatic rings. The molecular formula is C14H18ClFN2. The predicted molar refractivity (Wildman–Crippen MR) is 71.0 cm³/mol. The highest BCUT2D eigenvalue weighted by Crippen LogP contribution is 2.44. The van der Waals surface area contributed by atoms with Crippen molar-refractivity contribution in [3.8, 4) is 0 Å². The summed E-state index contributed by atoms with van der Waals surface area (Å²) in [6, 6.07) is 6.14. The van der Waals surface area contributed by atoms with Crippen molar-refractivity contribution in [3.05, 3.63) is 34.6 Å². The predicted octanol–water partition coefficient (Wildman–Crippen LogP) is 2.96. The molecule has 98 valence electrons. The van der Waals surface area contributed by atoms with Crippen LogP contribution in [0.3, 0.4) is 0 Å². The fraction of sp³-hybridized carbons (Fsp3) is 0.571. The van der Waals surface area contributed by atoms with Crippen LogP contribution in [0.4, 0.5) is 4.39 Å². The summed E-state index contributed by atoms with van der Waals surface area (Å²) in [5, 5.41) is 0.194. The summed E-state index contributed by atoms with van der Waals surface area (Å²) in [7, 11) is 0. The van der Waals surface area contributed by atoms with Gasteiger partial charge in [0.1, 0.15) is 5.82 Å². The molecule has 1 heterocycles. The summed E-state index contributed by atoms with van der Waals surface area (Å²) in [4.78, 5) is 2.50. The van der Waals surface area contributed by atoms with Gasteiger partial charge in [0.2, 0.25) is 0 Å². The molecule has 1 aliphatic carbocycles. The Morgan fingerprint density at radius 1 is 1.33 bits per heavy atom. The number of rotatable bonds is 3. The lowest BCUT2D eigenvalue weighted by Gasteiger charge is -2.28. The lowest BCUT2D eigenvalue weighted by molar-refractivity contribution is 0.220. The molecule has 0 radical (unpaired) electrons. The smallest absolute Gasteiger partial charge is 0.142 e. The van der Waals surface area contributed by atoms with Gasteiger partial charge in [-0.15, -0.1) is 0 Å². The molecule has 2 aliphatic rings. The van der Waals surface area contributed by atoms with Gasteiger partial charge < -0.3 is 5.73 Å². The molecule has 1 saturated carbocycles. The molecule has 0 amide bonds. The molecule has 0 bridgehead atoms. The normalized spacial score (nSPS) is 28.8. The average molecular weight is 269 g/mol. The van der Waals surface area contributed by atoms with E-state index in [1.165, 1.54) is 12.8 Å². The minimum absolute atomic E-state index is 0.194. The van der Waals surface area contributed by atoms with E-state index in [1.54, 1.807) is 12.1 Å². The van der Waals surface area contributed by atoms with Crippen LogP contribution >= 0.6 is 11.6 Å². The highest BCUT2D eigenvalue weighted by atomic mass is 35.5. The van der Waals surface area contributed by atoms with E-state index in [9.17, 15) is 4.39 Å². The summed E-state index contributed by atoms with van der Waals surface area (Å²) in [5.74, 6) is 0.110. The second kappa shape index (κ2) is 4.80. The molecule has 2 nitrogen and oxygen atoms in total. The SMILES string of the molecule is NCC1CCN(C2CC2)C1c1ccc(Cl)c(F)c1. The number of halogens is 2. The Labute approximate surface area is 112 Å². The maximum atomic E-state index is 13.6. The topological polar surface area (TPSA) is 29.3 Å². The van der Waals surface area contributed by atoms with Gasteiger partial charge in [0.05, 0.1) is 5.02 Å². The summed E-state index contributed by atoms with van der Waals surface area (Å²) >= 11 is 5.76. The Morgan fingerprint density at radius 3 is 2.72 bits per heavy atom. The third kappa shape index (κ3) is 2.15. The zero-order chi connectivity index (χ0) is 12.7. The second-order valence-electron chi connectivity index (χ2n) is 5.37. The van der Waals surface area contributed by atoms with Gasteiger partial charge in [0.15, 0.2) is 0 Å². The van der Waals surface area contributed by atoms with E-state index in [4.69, 9.17) is 17.3 Å². The highest BCUT2D eigenvalue weighted by Gasteiger charge is 2.42. The van der Waals surface area contributed by atoms with E-state index in [2.05, 4.69) is 4.90 Å². The third-order valence-corrected chi connectivity index (χ3v) is 4.47. The zero-order valence-electron chi connectivity index (χ0n) is 10.3. The van der Waals surface area contributed by atoms with Crippen LogP contribution < -0.4 is 5.73 Å². The van der Waals surface area contributed by atoms with Gasteiger partial charge in [0, 0.05) is 12.1 Å². The fourth-order valence-electron chi connectivity index (χ4n) is 3.11. The van der Waals surface area contributed by atoms with Crippen LogP contribution in [0.5, 0.6) is 0 Å². The van der Waals surface area contributed by atoms with Crippen LogP contribution in [-0.4, -0.2) is 24.0 Å². The lowest BCUT2D eigenvalue weighted by atomic mass is 9.93. The Kier molecular flexibility index (Phi) is 3.31. The number of hydrogen-bond acceptors (Lipinski definition) is 2. The van der Waals surface area contributed by atoms with Crippen LogP contribution in [-0.2, 0) is 0 Å². The molecule has 0 spiro atoms. The third-order valence-electron chi connectivity index (χ3n) is 4.17. The summed E-state index contributed by atoms with van der Waals surface area (Å²) < 4.78 is 13.6. The molecule has 1 aliphatic heterocycles. The maximum absolute atomic E-state index is 13.6. The minimum atomic E-state index is -0.326. The molecule has 1 aromatic carbocycles. The Morgan fingerprint density at radius 2 is 2.11 bits per heavy atom. The van der Waals surface area contributed by atoms with Gasteiger partial charge in [-0.2, -0.15) is 0 Å². The highest BCUT2D eigenvalue weighted by molar-refractivity contribution is 6.30. The molecule has 2 fully saturated rings. The van der Waals surface area contributed by atoms with Crippen LogP contribution in [0, 0.1) is 11.7 Å². The monoisotopic (exact) mass is 268 g/mol. The van der Waals surface area contributed by atoms with E-state index in [-0.39, 0.29) is 16.9 Å². The molecule has 3 rings (SSSR count). The van der Waals surface area contributed by atoms with Crippen molar-refractivity contribution >= 4 is 11.6 Å². The van der Waals surface area contributed by atoms with Crippen molar-refractivity contribution in [1.82, 2.24) is 4.90 Å². The lowest BCUT2D eigenvalue weighted by Crippen LogP contribution is -2.30.